The van der Waals surface area contributed by atoms with Gasteiger partial charge in [0.05, 0.1) is 11.1 Å². The Kier molecular flexibility index (Phi) is 3.92. The largest absolute Gasteiger partial charge is 0.275 e. The first kappa shape index (κ1) is 15.3. The summed E-state index contributed by atoms with van der Waals surface area (Å²) in [6.07, 6.45) is 9.20. The average Bonchev–Trinajstić information content (AvgIpc) is 3.17. The van der Waals surface area contributed by atoms with E-state index in [1.54, 1.807) is 59.7 Å². The molecule has 2 aromatic heterocycles. The zero-order valence-electron chi connectivity index (χ0n) is 12.8. The second-order valence-electron chi connectivity index (χ2n) is 5.27. The number of rotatable bonds is 5. The van der Waals surface area contributed by atoms with E-state index in [-0.39, 0.29) is 4.90 Å². The second-order valence-corrected chi connectivity index (χ2v) is 7.12. The fourth-order valence-corrected chi connectivity index (χ4v) is 3.59. The maximum absolute atomic E-state index is 12.6. The van der Waals surface area contributed by atoms with E-state index in [1.165, 1.54) is 3.97 Å². The van der Waals surface area contributed by atoms with E-state index in [9.17, 15) is 8.42 Å². The minimum absolute atomic E-state index is 0.255. The molecule has 2 heterocycles. The molecule has 0 saturated carbocycles. The van der Waals surface area contributed by atoms with Gasteiger partial charge in [-0.2, -0.15) is 5.10 Å². The van der Waals surface area contributed by atoms with Crippen LogP contribution in [0.3, 0.4) is 0 Å². The number of benzene rings is 1. The molecule has 5 nitrogen and oxygen atoms in total. The van der Waals surface area contributed by atoms with Crippen LogP contribution >= 0.6 is 0 Å². The van der Waals surface area contributed by atoms with Gasteiger partial charge in [0.2, 0.25) is 0 Å². The van der Waals surface area contributed by atoms with Gasteiger partial charge in [0.15, 0.2) is 0 Å². The molecule has 0 saturated heterocycles. The number of allylic oxidation sites excluding steroid dienone is 1. The van der Waals surface area contributed by atoms with Gasteiger partial charge < -0.3 is 0 Å². The number of hydrogen-bond acceptors (Lipinski definition) is 3. The number of aromatic nitrogens is 3. The summed E-state index contributed by atoms with van der Waals surface area (Å²) in [6, 6.07) is 8.59. The lowest BCUT2D eigenvalue weighted by Crippen LogP contribution is -2.10. The first-order valence-corrected chi connectivity index (χ1v) is 8.57. The van der Waals surface area contributed by atoms with Gasteiger partial charge in [-0.25, -0.2) is 12.4 Å². The fraction of sp³-hybridized carbons (Fsp3) is 0.118. The molecule has 6 heteroatoms. The lowest BCUT2D eigenvalue weighted by atomic mass is 10.1. The fourth-order valence-electron chi connectivity index (χ4n) is 2.37. The second kappa shape index (κ2) is 5.89. The number of nitrogens with zero attached hydrogens (tertiary/aromatic N) is 3. The van der Waals surface area contributed by atoms with E-state index in [4.69, 9.17) is 0 Å². The van der Waals surface area contributed by atoms with Crippen LogP contribution in [0.4, 0.5) is 0 Å². The van der Waals surface area contributed by atoms with Gasteiger partial charge in [-0.05, 0) is 35.7 Å². The predicted molar refractivity (Wildman–Crippen MR) is 89.6 cm³/mol. The van der Waals surface area contributed by atoms with E-state index in [1.807, 2.05) is 13.2 Å². The highest BCUT2D eigenvalue weighted by Gasteiger charge is 2.16. The van der Waals surface area contributed by atoms with Crippen LogP contribution in [0.25, 0.3) is 11.1 Å². The van der Waals surface area contributed by atoms with Crippen molar-refractivity contribution < 1.29 is 8.42 Å². The van der Waals surface area contributed by atoms with Crippen molar-refractivity contribution in [3.05, 3.63) is 73.3 Å². The summed E-state index contributed by atoms with van der Waals surface area (Å²) in [4.78, 5) is 0.255. The molecule has 3 rings (SSSR count). The topological polar surface area (TPSA) is 56.9 Å². The predicted octanol–water partition coefficient (Wildman–Crippen LogP) is 2.85. The van der Waals surface area contributed by atoms with Crippen molar-refractivity contribution in [2.45, 2.75) is 11.3 Å². The molecule has 23 heavy (non-hydrogen) atoms. The van der Waals surface area contributed by atoms with Crippen molar-refractivity contribution in [3.8, 4) is 11.1 Å². The molecular formula is C17H17N3O2S. The van der Waals surface area contributed by atoms with Crippen LogP contribution in [-0.4, -0.2) is 22.2 Å². The summed E-state index contributed by atoms with van der Waals surface area (Å²) < 4.78 is 28.2. The van der Waals surface area contributed by atoms with E-state index in [0.29, 0.717) is 6.42 Å². The highest BCUT2D eigenvalue weighted by molar-refractivity contribution is 7.90. The van der Waals surface area contributed by atoms with Gasteiger partial charge >= 0.3 is 0 Å². The summed E-state index contributed by atoms with van der Waals surface area (Å²) in [7, 11) is -1.73. The Labute approximate surface area is 135 Å². The zero-order chi connectivity index (χ0) is 16.4. The Hall–Kier alpha value is -2.60. The summed E-state index contributed by atoms with van der Waals surface area (Å²) in [5, 5.41) is 4.12. The van der Waals surface area contributed by atoms with Crippen LogP contribution < -0.4 is 0 Å². The lowest BCUT2D eigenvalue weighted by Gasteiger charge is -2.06. The van der Waals surface area contributed by atoms with E-state index in [2.05, 4.69) is 11.7 Å². The highest BCUT2D eigenvalue weighted by Crippen LogP contribution is 2.22. The van der Waals surface area contributed by atoms with Gasteiger partial charge in [-0.15, -0.1) is 6.58 Å². The smallest absolute Gasteiger partial charge is 0.267 e. The van der Waals surface area contributed by atoms with Crippen molar-refractivity contribution >= 4 is 10.0 Å². The highest BCUT2D eigenvalue weighted by atomic mass is 32.2. The third-order valence-electron chi connectivity index (χ3n) is 3.58. The monoisotopic (exact) mass is 327 g/mol. The first-order valence-electron chi connectivity index (χ1n) is 7.13. The quantitative estimate of drug-likeness (QED) is 0.677. The molecule has 0 spiro atoms. The molecule has 0 amide bonds. The molecule has 0 unspecified atom stereocenters. The van der Waals surface area contributed by atoms with Crippen LogP contribution in [0.2, 0.25) is 0 Å². The van der Waals surface area contributed by atoms with Crippen molar-refractivity contribution in [1.82, 2.24) is 13.8 Å². The molecule has 0 fully saturated rings. The van der Waals surface area contributed by atoms with Crippen molar-refractivity contribution in [3.63, 3.8) is 0 Å². The van der Waals surface area contributed by atoms with Gasteiger partial charge in [0, 0.05) is 31.2 Å². The molecule has 0 aliphatic rings. The Morgan fingerprint density at radius 2 is 1.87 bits per heavy atom. The standard InChI is InChI=1S/C17H17N3O2S/c1-3-4-14-9-10-20(12-14)23(21,22)17-7-5-15(6-8-17)16-11-18-19(2)13-16/h3,5-13H,1,4H2,2H3. The Bertz CT molecular complexity index is 934. The van der Waals surface area contributed by atoms with Crippen LogP contribution in [0.5, 0.6) is 0 Å². The zero-order valence-corrected chi connectivity index (χ0v) is 13.6. The SMILES string of the molecule is C=CCc1ccn(S(=O)(=O)c2ccc(-c3cnn(C)c3)cc2)c1. The molecular weight excluding hydrogens is 310 g/mol. The van der Waals surface area contributed by atoms with E-state index < -0.39 is 10.0 Å². The molecule has 3 aromatic rings. The molecule has 118 valence electrons. The number of hydrogen-bond donors (Lipinski definition) is 0. The molecule has 0 N–H and O–H groups in total. The normalized spacial score (nSPS) is 11.5. The Balaban J connectivity index is 1.92. The number of aryl methyl sites for hydroxylation is 1. The first-order chi connectivity index (χ1) is 11.0. The minimum Gasteiger partial charge on any atom is -0.275 e. The van der Waals surface area contributed by atoms with Crippen LogP contribution in [0.15, 0.2) is 72.7 Å². The minimum atomic E-state index is -3.57. The summed E-state index contributed by atoms with van der Waals surface area (Å²) in [5.41, 5.74) is 2.79. The van der Waals surface area contributed by atoms with E-state index in [0.717, 1.165) is 16.7 Å². The summed E-state index contributed by atoms with van der Waals surface area (Å²) in [5.74, 6) is 0. The van der Waals surface area contributed by atoms with E-state index >= 15 is 0 Å². The third kappa shape index (κ3) is 2.98. The van der Waals surface area contributed by atoms with Crippen LogP contribution in [-0.2, 0) is 23.5 Å². The molecule has 1 aromatic carbocycles. The molecule has 0 aliphatic heterocycles. The molecule has 0 radical (unpaired) electrons. The van der Waals surface area contributed by atoms with Gasteiger partial charge in [-0.3, -0.25) is 4.68 Å². The maximum Gasteiger partial charge on any atom is 0.267 e. The molecule has 0 atom stereocenters. The van der Waals surface area contributed by atoms with Crippen molar-refractivity contribution in [2.24, 2.45) is 7.05 Å². The van der Waals surface area contributed by atoms with Crippen LogP contribution in [0.1, 0.15) is 5.56 Å². The lowest BCUT2D eigenvalue weighted by molar-refractivity contribution is 0.587. The Morgan fingerprint density at radius 3 is 2.48 bits per heavy atom. The summed E-state index contributed by atoms with van der Waals surface area (Å²) in [6.45, 7) is 3.66. The average molecular weight is 327 g/mol. The van der Waals surface area contributed by atoms with Crippen LogP contribution in [0, 0.1) is 0 Å². The summed E-state index contributed by atoms with van der Waals surface area (Å²) >= 11 is 0. The van der Waals surface area contributed by atoms with Gasteiger partial charge in [0.1, 0.15) is 0 Å². The molecule has 0 aliphatic carbocycles. The van der Waals surface area contributed by atoms with Gasteiger partial charge in [-0.1, -0.05) is 18.2 Å². The molecule has 0 bridgehead atoms. The third-order valence-corrected chi connectivity index (χ3v) is 5.23. The van der Waals surface area contributed by atoms with Crippen molar-refractivity contribution in [1.29, 1.82) is 0 Å². The van der Waals surface area contributed by atoms with Gasteiger partial charge in [0.25, 0.3) is 10.0 Å². The van der Waals surface area contributed by atoms with Crippen molar-refractivity contribution in [2.75, 3.05) is 0 Å². The maximum atomic E-state index is 12.6. The Morgan fingerprint density at radius 1 is 1.13 bits per heavy atom.